The van der Waals surface area contributed by atoms with Crippen molar-refractivity contribution in [2.75, 3.05) is 19.0 Å². The van der Waals surface area contributed by atoms with Crippen LogP contribution in [0.2, 0.25) is 0 Å². The minimum atomic E-state index is -0.561. The number of carbonyl (C=O) groups is 2. The molecular weight excluding hydrogens is 344 g/mol. The molecule has 0 atom stereocenters. The molecule has 27 heavy (non-hydrogen) atoms. The number of hydrogen-bond acceptors (Lipinski definition) is 3. The molecule has 0 saturated carbocycles. The number of benzene rings is 2. The van der Waals surface area contributed by atoms with Gasteiger partial charge < -0.3 is 25.7 Å². The van der Waals surface area contributed by atoms with Gasteiger partial charge in [0.15, 0.2) is 0 Å². The molecule has 7 nitrogen and oxygen atoms in total. The molecule has 7 heteroatoms. The number of aromatic nitrogens is 1. The van der Waals surface area contributed by atoms with Crippen molar-refractivity contribution in [1.29, 1.82) is 0 Å². The Morgan fingerprint density at radius 3 is 2.81 bits per heavy atom. The average Bonchev–Trinajstić information content (AvgIpc) is 3.05. The summed E-state index contributed by atoms with van der Waals surface area (Å²) in [6, 6.07) is 12.6. The average molecular weight is 364 g/mol. The molecule has 0 bridgehead atoms. The minimum absolute atomic E-state index is 0.245. The van der Waals surface area contributed by atoms with E-state index in [1.165, 1.54) is 18.9 Å². The van der Waals surface area contributed by atoms with Gasteiger partial charge in [0.2, 0.25) is 5.91 Å². The molecule has 3 amide bonds. The van der Waals surface area contributed by atoms with E-state index in [1.807, 2.05) is 18.2 Å². The number of carbonyl (C=O) groups excluding carboxylic acids is 2. The highest BCUT2D eigenvalue weighted by Crippen LogP contribution is 2.29. The summed E-state index contributed by atoms with van der Waals surface area (Å²) in [6.07, 6.45) is 0.760. The fourth-order valence-corrected chi connectivity index (χ4v) is 3.49. The van der Waals surface area contributed by atoms with Gasteiger partial charge in [0.05, 0.1) is 12.8 Å². The highest BCUT2D eigenvalue weighted by atomic mass is 16.5. The van der Waals surface area contributed by atoms with Gasteiger partial charge in [-0.05, 0) is 24.3 Å². The summed E-state index contributed by atoms with van der Waals surface area (Å²) in [7, 11) is 1.51. The zero-order valence-corrected chi connectivity index (χ0v) is 14.9. The van der Waals surface area contributed by atoms with Crippen LogP contribution in [0.4, 0.5) is 10.5 Å². The van der Waals surface area contributed by atoms with E-state index in [2.05, 4.69) is 16.4 Å². The summed E-state index contributed by atoms with van der Waals surface area (Å²) in [6.45, 7) is 1.12. The number of ether oxygens (including phenoxy) is 1. The lowest BCUT2D eigenvalue weighted by Gasteiger charge is -2.27. The molecule has 2 heterocycles. The lowest BCUT2D eigenvalue weighted by atomic mass is 10.0. The van der Waals surface area contributed by atoms with E-state index >= 15 is 0 Å². The molecule has 0 radical (unpaired) electrons. The molecule has 1 aliphatic rings. The van der Waals surface area contributed by atoms with Crippen molar-refractivity contribution in [2.24, 2.45) is 5.73 Å². The van der Waals surface area contributed by atoms with Crippen LogP contribution in [0, 0.1) is 0 Å². The quantitative estimate of drug-likeness (QED) is 0.666. The van der Waals surface area contributed by atoms with Crippen LogP contribution in [-0.2, 0) is 13.0 Å². The maximum absolute atomic E-state index is 12.8. The number of methoxy groups -OCH3 is 1. The Hall–Kier alpha value is -3.48. The predicted octanol–water partition coefficient (Wildman–Crippen LogP) is 2.87. The summed E-state index contributed by atoms with van der Waals surface area (Å²) in [5.74, 6) is -0.0901. The molecule has 0 fully saturated rings. The van der Waals surface area contributed by atoms with E-state index in [0.717, 1.165) is 22.9 Å². The first kappa shape index (κ1) is 17.0. The topological polar surface area (TPSA) is 100 Å². The minimum Gasteiger partial charge on any atom is -0.495 e. The molecule has 4 N–H and O–H groups in total. The van der Waals surface area contributed by atoms with Crippen molar-refractivity contribution in [3.05, 3.63) is 59.3 Å². The van der Waals surface area contributed by atoms with Gasteiger partial charge in [0, 0.05) is 47.2 Å². The Morgan fingerprint density at radius 2 is 2.04 bits per heavy atom. The maximum atomic E-state index is 12.8. The van der Waals surface area contributed by atoms with Crippen LogP contribution >= 0.6 is 0 Å². The Balaban J connectivity index is 1.58. The van der Waals surface area contributed by atoms with Gasteiger partial charge in [-0.25, -0.2) is 4.79 Å². The number of nitrogens with zero attached hydrogens (tertiary/aromatic N) is 1. The van der Waals surface area contributed by atoms with Gasteiger partial charge in [0.1, 0.15) is 5.75 Å². The molecule has 1 aromatic heterocycles. The van der Waals surface area contributed by atoms with Crippen LogP contribution < -0.4 is 15.8 Å². The molecule has 0 unspecified atom stereocenters. The second kappa shape index (κ2) is 6.68. The number of anilines is 1. The number of hydrogen-bond donors (Lipinski definition) is 3. The maximum Gasteiger partial charge on any atom is 0.322 e. The van der Waals surface area contributed by atoms with E-state index in [4.69, 9.17) is 10.5 Å². The Bertz CT molecular complexity index is 1040. The standard InChI is InChI=1S/C20H20N4O3/c1-27-18-7-6-12(19(21)25)10-17(18)23-20(26)24-9-8-16-14(11-24)13-4-2-3-5-15(13)22-16/h2-7,10,22H,8-9,11H2,1H3,(H2,21,25)(H,23,26). The number of nitrogens with one attached hydrogen (secondary N) is 2. The summed E-state index contributed by atoms with van der Waals surface area (Å²) in [4.78, 5) is 29.4. The second-order valence-electron chi connectivity index (χ2n) is 6.51. The van der Waals surface area contributed by atoms with Gasteiger partial charge >= 0.3 is 6.03 Å². The van der Waals surface area contributed by atoms with E-state index in [9.17, 15) is 9.59 Å². The van der Waals surface area contributed by atoms with Crippen molar-refractivity contribution < 1.29 is 14.3 Å². The van der Waals surface area contributed by atoms with Gasteiger partial charge in [-0.15, -0.1) is 0 Å². The fourth-order valence-electron chi connectivity index (χ4n) is 3.49. The smallest absolute Gasteiger partial charge is 0.322 e. The third-order valence-corrected chi connectivity index (χ3v) is 4.90. The Kier molecular flexibility index (Phi) is 4.19. The monoisotopic (exact) mass is 364 g/mol. The normalized spacial score (nSPS) is 13.3. The van der Waals surface area contributed by atoms with Gasteiger partial charge in [0.25, 0.3) is 0 Å². The van der Waals surface area contributed by atoms with Gasteiger partial charge in [-0.3, -0.25) is 4.79 Å². The van der Waals surface area contributed by atoms with E-state index < -0.39 is 5.91 Å². The van der Waals surface area contributed by atoms with Crippen LogP contribution in [0.3, 0.4) is 0 Å². The Labute approximate surface area is 156 Å². The molecule has 0 aliphatic carbocycles. The van der Waals surface area contributed by atoms with Crippen molar-refractivity contribution in [1.82, 2.24) is 9.88 Å². The number of nitrogens with two attached hydrogens (primary N) is 1. The second-order valence-corrected chi connectivity index (χ2v) is 6.51. The molecule has 0 spiro atoms. The summed E-state index contributed by atoms with van der Waals surface area (Å²) in [5, 5.41) is 3.98. The third-order valence-electron chi connectivity index (χ3n) is 4.90. The summed E-state index contributed by atoms with van der Waals surface area (Å²) >= 11 is 0. The first-order chi connectivity index (χ1) is 13.1. The van der Waals surface area contributed by atoms with Crippen molar-refractivity contribution in [3.63, 3.8) is 0 Å². The van der Waals surface area contributed by atoms with Gasteiger partial charge in [-0.1, -0.05) is 18.2 Å². The van der Waals surface area contributed by atoms with Crippen molar-refractivity contribution >= 4 is 28.5 Å². The number of fused-ring (bicyclic) bond motifs is 3. The Morgan fingerprint density at radius 1 is 1.22 bits per heavy atom. The highest BCUT2D eigenvalue weighted by Gasteiger charge is 2.24. The van der Waals surface area contributed by atoms with Crippen molar-refractivity contribution in [3.8, 4) is 5.75 Å². The highest BCUT2D eigenvalue weighted by molar-refractivity contribution is 5.97. The summed E-state index contributed by atoms with van der Waals surface area (Å²) in [5.41, 5.74) is 9.47. The predicted molar refractivity (Wildman–Crippen MR) is 103 cm³/mol. The number of urea groups is 1. The number of amides is 3. The zero-order chi connectivity index (χ0) is 19.0. The van der Waals surface area contributed by atoms with Crippen LogP contribution in [0.5, 0.6) is 5.75 Å². The summed E-state index contributed by atoms with van der Waals surface area (Å²) < 4.78 is 5.28. The molecule has 4 rings (SSSR count). The lowest BCUT2D eigenvalue weighted by Crippen LogP contribution is -2.38. The third kappa shape index (κ3) is 3.08. The number of rotatable bonds is 3. The van der Waals surface area contributed by atoms with Crippen molar-refractivity contribution in [2.45, 2.75) is 13.0 Å². The molecule has 138 valence electrons. The van der Waals surface area contributed by atoms with E-state index in [1.54, 1.807) is 17.0 Å². The van der Waals surface area contributed by atoms with E-state index in [0.29, 0.717) is 30.1 Å². The fraction of sp³-hybridized carbons (Fsp3) is 0.200. The van der Waals surface area contributed by atoms with Gasteiger partial charge in [-0.2, -0.15) is 0 Å². The van der Waals surface area contributed by atoms with Crippen LogP contribution in [0.1, 0.15) is 21.6 Å². The number of primary amides is 1. The molecule has 0 saturated heterocycles. The lowest BCUT2D eigenvalue weighted by molar-refractivity contribution is 0.1000. The molecule has 1 aliphatic heterocycles. The first-order valence-corrected chi connectivity index (χ1v) is 8.69. The van der Waals surface area contributed by atoms with Crippen LogP contribution in [-0.4, -0.2) is 35.5 Å². The largest absolute Gasteiger partial charge is 0.495 e. The number of para-hydroxylation sites is 1. The zero-order valence-electron chi connectivity index (χ0n) is 14.9. The number of aromatic amines is 1. The molecule has 3 aromatic rings. The van der Waals surface area contributed by atoms with Crippen LogP contribution in [0.15, 0.2) is 42.5 Å². The SMILES string of the molecule is COc1ccc(C(N)=O)cc1NC(=O)N1CCc2[nH]c3ccccc3c2C1. The van der Waals surface area contributed by atoms with E-state index in [-0.39, 0.29) is 6.03 Å². The molecule has 2 aromatic carbocycles. The van der Waals surface area contributed by atoms with Crippen LogP contribution in [0.25, 0.3) is 10.9 Å². The number of H-pyrrole nitrogens is 1. The molecular formula is C20H20N4O3. The first-order valence-electron chi connectivity index (χ1n) is 8.69.